The van der Waals surface area contributed by atoms with Gasteiger partial charge in [-0.2, -0.15) is 0 Å². The lowest BCUT2D eigenvalue weighted by molar-refractivity contribution is 0.0600. The number of aliphatic hydroxyl groups excluding tert-OH is 1. The molecule has 0 aliphatic carbocycles. The van der Waals surface area contributed by atoms with Gasteiger partial charge in [-0.25, -0.2) is 9.78 Å². The molecule has 0 unspecified atom stereocenters. The fraction of sp³-hybridized carbons (Fsp3) is 0.273. The predicted molar refractivity (Wildman–Crippen MR) is 57.3 cm³/mol. The molecule has 0 bridgehead atoms. The minimum atomic E-state index is -0.368. The van der Waals surface area contributed by atoms with Gasteiger partial charge in [0.2, 0.25) is 0 Å². The highest BCUT2D eigenvalue weighted by molar-refractivity contribution is 5.90. The summed E-state index contributed by atoms with van der Waals surface area (Å²) in [5.74, 6) is 0.404. The average molecular weight is 220 g/mol. The van der Waals surface area contributed by atoms with Crippen molar-refractivity contribution in [3.05, 3.63) is 35.9 Å². The van der Waals surface area contributed by atoms with Gasteiger partial charge in [0.1, 0.15) is 5.82 Å². The van der Waals surface area contributed by atoms with E-state index < -0.39 is 0 Å². The Balaban J connectivity index is 2.44. The third-order valence-corrected chi connectivity index (χ3v) is 2.37. The minimum Gasteiger partial charge on any atom is -0.465 e. The first-order valence-electron chi connectivity index (χ1n) is 4.91. The van der Waals surface area contributed by atoms with Crippen molar-refractivity contribution in [3.63, 3.8) is 0 Å². The molecule has 0 amide bonds. The van der Waals surface area contributed by atoms with Crippen LogP contribution < -0.4 is 0 Å². The molecular formula is C11H12N2O3. The Bertz CT molecular complexity index is 519. The van der Waals surface area contributed by atoms with Crippen LogP contribution in [-0.2, 0) is 11.2 Å². The van der Waals surface area contributed by atoms with Gasteiger partial charge in [-0.3, -0.25) is 0 Å². The second-order valence-electron chi connectivity index (χ2n) is 3.35. The van der Waals surface area contributed by atoms with E-state index in [1.807, 2.05) is 4.40 Å². The maximum absolute atomic E-state index is 11.3. The smallest absolute Gasteiger partial charge is 0.337 e. The third kappa shape index (κ3) is 1.77. The number of aromatic nitrogens is 2. The van der Waals surface area contributed by atoms with Gasteiger partial charge < -0.3 is 14.2 Å². The number of hydrogen-bond donors (Lipinski definition) is 1. The van der Waals surface area contributed by atoms with E-state index in [1.54, 1.807) is 24.5 Å². The molecule has 0 aromatic carbocycles. The quantitative estimate of drug-likeness (QED) is 0.771. The fourth-order valence-electron chi connectivity index (χ4n) is 1.59. The van der Waals surface area contributed by atoms with Crippen LogP contribution >= 0.6 is 0 Å². The number of carbonyl (C=O) groups is 1. The van der Waals surface area contributed by atoms with Gasteiger partial charge in [0.25, 0.3) is 0 Å². The van der Waals surface area contributed by atoms with Gasteiger partial charge >= 0.3 is 5.97 Å². The second-order valence-corrected chi connectivity index (χ2v) is 3.35. The molecule has 2 heterocycles. The van der Waals surface area contributed by atoms with Crippen LogP contribution in [0.2, 0.25) is 0 Å². The first-order valence-corrected chi connectivity index (χ1v) is 4.91. The first-order chi connectivity index (χ1) is 7.76. The summed E-state index contributed by atoms with van der Waals surface area (Å²) in [7, 11) is 1.35. The van der Waals surface area contributed by atoms with Gasteiger partial charge in [0.05, 0.1) is 31.0 Å². The minimum absolute atomic E-state index is 0.0534. The van der Waals surface area contributed by atoms with Crippen LogP contribution in [0.3, 0.4) is 0 Å². The summed E-state index contributed by atoms with van der Waals surface area (Å²) in [5.41, 5.74) is 1.30. The number of pyridine rings is 1. The monoisotopic (exact) mass is 220 g/mol. The second kappa shape index (κ2) is 4.32. The molecule has 0 aliphatic heterocycles. The molecule has 5 heteroatoms. The highest BCUT2D eigenvalue weighted by Crippen LogP contribution is 2.11. The average Bonchev–Trinajstić information content (AvgIpc) is 2.71. The van der Waals surface area contributed by atoms with E-state index in [-0.39, 0.29) is 12.6 Å². The molecule has 2 rings (SSSR count). The summed E-state index contributed by atoms with van der Waals surface area (Å²) in [5, 5.41) is 8.85. The number of fused-ring (bicyclic) bond motifs is 1. The molecule has 0 fully saturated rings. The largest absolute Gasteiger partial charge is 0.465 e. The van der Waals surface area contributed by atoms with Crippen LogP contribution in [0, 0.1) is 0 Å². The molecule has 0 saturated heterocycles. The molecular weight excluding hydrogens is 208 g/mol. The number of carbonyl (C=O) groups excluding carboxylic acids is 1. The number of imidazole rings is 1. The van der Waals surface area contributed by atoms with Crippen molar-refractivity contribution in [3.8, 4) is 0 Å². The van der Waals surface area contributed by atoms with Crippen molar-refractivity contribution in [2.24, 2.45) is 0 Å². The third-order valence-electron chi connectivity index (χ3n) is 2.37. The fourth-order valence-corrected chi connectivity index (χ4v) is 1.59. The Morgan fingerprint density at radius 3 is 3.12 bits per heavy atom. The van der Waals surface area contributed by atoms with Crippen LogP contribution in [0.15, 0.2) is 24.5 Å². The molecule has 2 aromatic heterocycles. The zero-order valence-corrected chi connectivity index (χ0v) is 8.88. The highest BCUT2D eigenvalue weighted by atomic mass is 16.5. The van der Waals surface area contributed by atoms with Crippen molar-refractivity contribution in [1.29, 1.82) is 0 Å². The van der Waals surface area contributed by atoms with Crippen LogP contribution in [0.1, 0.15) is 16.2 Å². The summed E-state index contributed by atoms with van der Waals surface area (Å²) < 4.78 is 6.47. The lowest BCUT2D eigenvalue weighted by Gasteiger charge is -2.02. The lowest BCUT2D eigenvalue weighted by Crippen LogP contribution is -2.03. The number of rotatable bonds is 3. The molecule has 2 aromatic rings. The van der Waals surface area contributed by atoms with Crippen molar-refractivity contribution >= 4 is 11.5 Å². The Labute approximate surface area is 92.3 Å². The Hall–Kier alpha value is -1.88. The summed E-state index contributed by atoms with van der Waals surface area (Å²) in [4.78, 5) is 15.5. The number of methoxy groups -OCH3 is 1. The SMILES string of the molecule is COC(=O)c1ccn2c(CCO)ncc2c1. The van der Waals surface area contributed by atoms with E-state index in [0.717, 1.165) is 11.3 Å². The van der Waals surface area contributed by atoms with Gasteiger partial charge in [-0.1, -0.05) is 0 Å². The van der Waals surface area contributed by atoms with Gasteiger partial charge in [0.15, 0.2) is 0 Å². The first kappa shape index (κ1) is 10.6. The standard InChI is InChI=1S/C11H12N2O3/c1-16-11(15)8-2-4-13-9(6-8)7-12-10(13)3-5-14/h2,4,6-7,14H,3,5H2,1H3. The normalized spacial score (nSPS) is 10.6. The molecule has 0 aliphatic rings. The van der Waals surface area contributed by atoms with Crippen molar-refractivity contribution in [1.82, 2.24) is 9.38 Å². The summed E-state index contributed by atoms with van der Waals surface area (Å²) in [6.07, 6.45) is 3.91. The lowest BCUT2D eigenvalue weighted by atomic mass is 10.2. The number of ether oxygens (including phenoxy) is 1. The van der Waals surface area contributed by atoms with Gasteiger partial charge in [-0.15, -0.1) is 0 Å². The Morgan fingerprint density at radius 1 is 1.62 bits per heavy atom. The van der Waals surface area contributed by atoms with Crippen LogP contribution in [0.4, 0.5) is 0 Å². The van der Waals surface area contributed by atoms with E-state index in [4.69, 9.17) is 5.11 Å². The van der Waals surface area contributed by atoms with Crippen molar-refractivity contribution in [2.75, 3.05) is 13.7 Å². The molecule has 5 nitrogen and oxygen atoms in total. The maximum Gasteiger partial charge on any atom is 0.337 e. The van der Waals surface area contributed by atoms with E-state index in [2.05, 4.69) is 9.72 Å². The Kier molecular flexibility index (Phi) is 2.87. The molecule has 16 heavy (non-hydrogen) atoms. The number of hydrogen-bond acceptors (Lipinski definition) is 4. The molecule has 0 radical (unpaired) electrons. The predicted octanol–water partition coefficient (Wildman–Crippen LogP) is 0.656. The summed E-state index contributed by atoms with van der Waals surface area (Å²) in [6.45, 7) is 0.0534. The summed E-state index contributed by atoms with van der Waals surface area (Å²) >= 11 is 0. The summed E-state index contributed by atoms with van der Waals surface area (Å²) in [6, 6.07) is 3.38. The van der Waals surface area contributed by atoms with Crippen LogP contribution in [0.5, 0.6) is 0 Å². The molecule has 84 valence electrons. The van der Waals surface area contributed by atoms with E-state index in [9.17, 15) is 4.79 Å². The van der Waals surface area contributed by atoms with Gasteiger partial charge in [0, 0.05) is 12.6 Å². The molecule has 0 atom stereocenters. The van der Waals surface area contributed by atoms with Gasteiger partial charge in [-0.05, 0) is 12.1 Å². The van der Waals surface area contributed by atoms with E-state index in [0.29, 0.717) is 12.0 Å². The number of aliphatic hydroxyl groups is 1. The van der Waals surface area contributed by atoms with Crippen molar-refractivity contribution < 1.29 is 14.6 Å². The zero-order chi connectivity index (χ0) is 11.5. The number of esters is 1. The zero-order valence-electron chi connectivity index (χ0n) is 8.88. The molecule has 0 saturated carbocycles. The topological polar surface area (TPSA) is 63.8 Å². The van der Waals surface area contributed by atoms with E-state index >= 15 is 0 Å². The van der Waals surface area contributed by atoms with E-state index in [1.165, 1.54) is 7.11 Å². The number of nitrogens with zero attached hydrogens (tertiary/aromatic N) is 2. The van der Waals surface area contributed by atoms with Crippen LogP contribution in [-0.4, -0.2) is 34.2 Å². The Morgan fingerprint density at radius 2 is 2.44 bits per heavy atom. The van der Waals surface area contributed by atoms with Crippen molar-refractivity contribution in [2.45, 2.75) is 6.42 Å². The van der Waals surface area contributed by atoms with Crippen LogP contribution in [0.25, 0.3) is 5.52 Å². The maximum atomic E-state index is 11.3. The molecule has 1 N–H and O–H groups in total. The molecule has 0 spiro atoms. The highest BCUT2D eigenvalue weighted by Gasteiger charge is 2.08.